The molecule has 1 atom stereocenters. The summed E-state index contributed by atoms with van der Waals surface area (Å²) in [4.78, 5) is 24.0. The van der Waals surface area contributed by atoms with E-state index in [1.165, 1.54) is 0 Å². The Balaban J connectivity index is 2.57. The first-order chi connectivity index (χ1) is 11.3. The molecule has 0 bridgehead atoms. The molecule has 0 aromatic heterocycles. The maximum absolute atomic E-state index is 12.1. The predicted octanol–water partition coefficient (Wildman–Crippen LogP) is 2.27. The second kappa shape index (κ2) is 9.58. The molecule has 1 amide bonds. The monoisotopic (exact) mass is 333 g/mol. The summed E-state index contributed by atoms with van der Waals surface area (Å²) in [6.07, 6.45) is 4.37. The molecule has 0 fully saturated rings. The van der Waals surface area contributed by atoms with Crippen molar-refractivity contribution in [2.24, 2.45) is 0 Å². The lowest BCUT2D eigenvalue weighted by molar-refractivity contribution is -0.158. The number of amides is 1. The van der Waals surface area contributed by atoms with Crippen LogP contribution in [-0.2, 0) is 25.6 Å². The minimum absolute atomic E-state index is 0.0278. The molecule has 0 unspecified atom stereocenters. The van der Waals surface area contributed by atoms with E-state index in [0.717, 1.165) is 5.56 Å². The van der Waals surface area contributed by atoms with E-state index in [9.17, 15) is 9.59 Å². The number of hydrogen-bond donors (Lipinski definition) is 1. The molecule has 0 aliphatic carbocycles. The van der Waals surface area contributed by atoms with Gasteiger partial charge in [0.05, 0.1) is 6.61 Å². The van der Waals surface area contributed by atoms with E-state index in [1.807, 2.05) is 30.3 Å². The van der Waals surface area contributed by atoms with E-state index >= 15 is 0 Å². The van der Waals surface area contributed by atoms with Gasteiger partial charge in [-0.25, -0.2) is 9.59 Å². The maximum Gasteiger partial charge on any atom is 0.408 e. The van der Waals surface area contributed by atoms with Crippen molar-refractivity contribution in [3.63, 3.8) is 0 Å². The third kappa shape index (κ3) is 8.20. The maximum atomic E-state index is 12.1. The molecule has 0 saturated carbocycles. The smallest absolute Gasteiger partial charge is 0.408 e. The molecule has 0 saturated heterocycles. The number of alkyl carbamates (subject to hydrolysis) is 1. The number of ether oxygens (including phenoxy) is 3. The minimum atomic E-state index is -0.999. The van der Waals surface area contributed by atoms with E-state index in [1.54, 1.807) is 20.8 Å². The Morgan fingerprint density at radius 3 is 2.50 bits per heavy atom. The predicted molar refractivity (Wildman–Crippen MR) is 89.0 cm³/mol. The zero-order chi connectivity index (χ0) is 18.0. The van der Waals surface area contributed by atoms with Crippen LogP contribution < -0.4 is 5.32 Å². The third-order valence-electron chi connectivity index (χ3n) is 2.67. The second-order valence-corrected chi connectivity index (χ2v) is 6.01. The van der Waals surface area contributed by atoms with Crippen LogP contribution in [0.15, 0.2) is 30.3 Å². The average Bonchev–Trinajstić information content (AvgIpc) is 2.51. The summed E-state index contributed by atoms with van der Waals surface area (Å²) in [5.74, 6) is 1.68. The molecular formula is C18H23NO5. The number of benzene rings is 1. The number of hydrogen-bond acceptors (Lipinski definition) is 5. The first-order valence-electron chi connectivity index (χ1n) is 7.53. The lowest BCUT2D eigenvalue weighted by Crippen LogP contribution is -2.47. The van der Waals surface area contributed by atoms with Crippen LogP contribution in [0.3, 0.4) is 0 Å². The fraction of sp³-hybridized carbons (Fsp3) is 0.444. The van der Waals surface area contributed by atoms with Crippen molar-refractivity contribution >= 4 is 12.1 Å². The Morgan fingerprint density at radius 1 is 1.25 bits per heavy atom. The van der Waals surface area contributed by atoms with Crippen LogP contribution in [0.5, 0.6) is 0 Å². The van der Waals surface area contributed by atoms with E-state index in [2.05, 4.69) is 11.2 Å². The molecule has 1 aromatic rings. The van der Waals surface area contributed by atoms with Crippen LogP contribution in [0.1, 0.15) is 26.3 Å². The van der Waals surface area contributed by atoms with Crippen molar-refractivity contribution in [1.82, 2.24) is 5.32 Å². The Hall–Kier alpha value is -2.52. The third-order valence-corrected chi connectivity index (χ3v) is 2.67. The van der Waals surface area contributed by atoms with Crippen LogP contribution in [-0.4, -0.2) is 36.9 Å². The van der Waals surface area contributed by atoms with Gasteiger partial charge in [0.2, 0.25) is 0 Å². The summed E-state index contributed by atoms with van der Waals surface area (Å²) in [5.41, 5.74) is 0.155. The average molecular weight is 333 g/mol. The summed E-state index contributed by atoms with van der Waals surface area (Å²) >= 11 is 0. The molecule has 1 rings (SSSR count). The molecule has 0 heterocycles. The lowest BCUT2D eigenvalue weighted by atomic mass is 10.2. The van der Waals surface area contributed by atoms with Gasteiger partial charge in [-0.3, -0.25) is 0 Å². The summed E-state index contributed by atoms with van der Waals surface area (Å²) < 4.78 is 15.5. The molecule has 0 radical (unpaired) electrons. The Labute approximate surface area is 142 Å². The highest BCUT2D eigenvalue weighted by atomic mass is 16.6. The number of rotatable bonds is 7. The normalized spacial score (nSPS) is 11.9. The highest BCUT2D eigenvalue weighted by Gasteiger charge is 2.27. The SMILES string of the molecule is C#CCOC[C@H](NC(=O)OCc1ccccc1)C(=O)OC(C)(C)C. The highest BCUT2D eigenvalue weighted by Crippen LogP contribution is 2.09. The van der Waals surface area contributed by atoms with E-state index < -0.39 is 23.7 Å². The fourth-order valence-corrected chi connectivity index (χ4v) is 1.68. The van der Waals surface area contributed by atoms with Crippen molar-refractivity contribution in [3.05, 3.63) is 35.9 Å². The minimum Gasteiger partial charge on any atom is -0.458 e. The van der Waals surface area contributed by atoms with Gasteiger partial charge < -0.3 is 19.5 Å². The van der Waals surface area contributed by atoms with Crippen molar-refractivity contribution in [1.29, 1.82) is 0 Å². The summed E-state index contributed by atoms with van der Waals surface area (Å²) in [6, 6.07) is 8.20. The van der Waals surface area contributed by atoms with Crippen LogP contribution in [0.2, 0.25) is 0 Å². The van der Waals surface area contributed by atoms with E-state index in [-0.39, 0.29) is 19.8 Å². The zero-order valence-electron chi connectivity index (χ0n) is 14.2. The molecule has 1 aromatic carbocycles. The standard InChI is InChI=1S/C18H23NO5/c1-5-11-22-13-15(16(20)24-18(2,3)4)19-17(21)23-12-14-9-7-6-8-10-14/h1,6-10,15H,11-13H2,2-4H3,(H,19,21)/t15-/m0/s1. The van der Waals surface area contributed by atoms with Gasteiger partial charge in [-0.1, -0.05) is 36.3 Å². The molecule has 0 spiro atoms. The van der Waals surface area contributed by atoms with Gasteiger partial charge in [0, 0.05) is 0 Å². The van der Waals surface area contributed by atoms with Gasteiger partial charge in [-0.2, -0.15) is 0 Å². The molecule has 0 aliphatic rings. The quantitative estimate of drug-likeness (QED) is 0.471. The number of terminal acetylenes is 1. The Bertz CT molecular complexity index is 571. The molecule has 6 heteroatoms. The van der Waals surface area contributed by atoms with Crippen LogP contribution >= 0.6 is 0 Å². The summed E-state index contributed by atoms with van der Waals surface area (Å²) in [5, 5.41) is 2.44. The molecule has 24 heavy (non-hydrogen) atoms. The van der Waals surface area contributed by atoms with Crippen molar-refractivity contribution in [2.75, 3.05) is 13.2 Å². The molecule has 1 N–H and O–H groups in total. The number of esters is 1. The van der Waals surface area contributed by atoms with E-state index in [4.69, 9.17) is 20.6 Å². The van der Waals surface area contributed by atoms with Crippen LogP contribution in [0.25, 0.3) is 0 Å². The first-order valence-corrected chi connectivity index (χ1v) is 7.53. The number of nitrogens with one attached hydrogen (secondary N) is 1. The fourth-order valence-electron chi connectivity index (χ4n) is 1.68. The highest BCUT2D eigenvalue weighted by molar-refractivity contribution is 5.81. The second-order valence-electron chi connectivity index (χ2n) is 6.01. The van der Waals surface area contributed by atoms with Crippen molar-refractivity contribution < 1.29 is 23.8 Å². The Kier molecular flexibility index (Phi) is 7.80. The first kappa shape index (κ1) is 19.5. The van der Waals surface area contributed by atoms with Crippen LogP contribution in [0, 0.1) is 12.3 Å². The lowest BCUT2D eigenvalue weighted by Gasteiger charge is -2.24. The number of carbonyl (C=O) groups is 2. The van der Waals surface area contributed by atoms with Crippen molar-refractivity contribution in [3.8, 4) is 12.3 Å². The molecule has 130 valence electrons. The zero-order valence-corrected chi connectivity index (χ0v) is 14.2. The topological polar surface area (TPSA) is 73.9 Å². The summed E-state index contributed by atoms with van der Waals surface area (Å²) in [6.45, 7) is 5.23. The van der Waals surface area contributed by atoms with Gasteiger partial charge in [0.25, 0.3) is 0 Å². The van der Waals surface area contributed by atoms with Gasteiger partial charge >= 0.3 is 12.1 Å². The Morgan fingerprint density at radius 2 is 1.92 bits per heavy atom. The van der Waals surface area contributed by atoms with Gasteiger partial charge in [0.15, 0.2) is 6.04 Å². The van der Waals surface area contributed by atoms with Crippen LogP contribution in [0.4, 0.5) is 4.79 Å². The molecule has 0 aliphatic heterocycles. The van der Waals surface area contributed by atoms with Gasteiger partial charge in [-0.05, 0) is 26.3 Å². The largest absolute Gasteiger partial charge is 0.458 e. The molecular weight excluding hydrogens is 310 g/mol. The number of carbonyl (C=O) groups excluding carboxylic acids is 2. The van der Waals surface area contributed by atoms with Gasteiger partial charge in [-0.15, -0.1) is 6.42 Å². The van der Waals surface area contributed by atoms with E-state index in [0.29, 0.717) is 0 Å². The summed E-state index contributed by atoms with van der Waals surface area (Å²) in [7, 11) is 0. The van der Waals surface area contributed by atoms with Crippen molar-refractivity contribution in [2.45, 2.75) is 39.0 Å². The van der Waals surface area contributed by atoms with Gasteiger partial charge in [0.1, 0.15) is 18.8 Å². The molecule has 6 nitrogen and oxygen atoms in total.